The van der Waals surface area contributed by atoms with Gasteiger partial charge in [0.1, 0.15) is 5.75 Å². The Bertz CT molecular complexity index is 551. The van der Waals surface area contributed by atoms with Crippen LogP contribution in [0.15, 0.2) is 48.5 Å². The predicted octanol–water partition coefficient (Wildman–Crippen LogP) is 4.09. The topological polar surface area (TPSA) is 21.3 Å². The van der Waals surface area contributed by atoms with Crippen molar-refractivity contribution in [2.75, 3.05) is 13.2 Å². The molecule has 0 aromatic heterocycles. The molecule has 1 unspecified atom stereocenters. The van der Waals surface area contributed by atoms with E-state index in [2.05, 4.69) is 61.6 Å². The molecule has 2 heteroatoms. The summed E-state index contributed by atoms with van der Waals surface area (Å²) >= 11 is 0. The maximum absolute atomic E-state index is 5.61. The number of hydrogen-bond donors (Lipinski definition) is 1. The van der Waals surface area contributed by atoms with E-state index in [0.29, 0.717) is 6.61 Å². The summed E-state index contributed by atoms with van der Waals surface area (Å²) in [7, 11) is 0. The summed E-state index contributed by atoms with van der Waals surface area (Å²) in [6.07, 6.45) is 0. The van der Waals surface area contributed by atoms with Crippen molar-refractivity contribution in [3.05, 3.63) is 65.2 Å². The van der Waals surface area contributed by atoms with Crippen molar-refractivity contribution in [2.45, 2.75) is 26.8 Å². The van der Waals surface area contributed by atoms with E-state index in [9.17, 15) is 0 Å². The van der Waals surface area contributed by atoms with Crippen LogP contribution >= 0.6 is 0 Å². The number of hydrogen-bond acceptors (Lipinski definition) is 2. The zero-order valence-corrected chi connectivity index (χ0v) is 12.5. The Kier molecular flexibility index (Phi) is 5.19. The second kappa shape index (κ2) is 7.11. The molecule has 0 saturated heterocycles. The summed E-state index contributed by atoms with van der Waals surface area (Å²) in [6, 6.07) is 17.2. The number of nitrogens with one attached hydrogen (secondary N) is 1. The summed E-state index contributed by atoms with van der Waals surface area (Å²) < 4.78 is 5.61. The Labute approximate surface area is 121 Å². The first-order valence-corrected chi connectivity index (χ1v) is 7.27. The van der Waals surface area contributed by atoms with E-state index in [0.717, 1.165) is 12.3 Å². The summed E-state index contributed by atoms with van der Waals surface area (Å²) in [6.45, 7) is 7.89. The van der Waals surface area contributed by atoms with Gasteiger partial charge >= 0.3 is 0 Å². The normalized spacial score (nSPS) is 12.2. The molecule has 1 N–H and O–H groups in total. The monoisotopic (exact) mass is 269 g/mol. The maximum Gasteiger partial charge on any atom is 0.119 e. The van der Waals surface area contributed by atoms with E-state index in [-0.39, 0.29) is 6.04 Å². The average Bonchev–Trinajstić information content (AvgIpc) is 2.45. The minimum atomic E-state index is 0.209. The van der Waals surface area contributed by atoms with Crippen molar-refractivity contribution in [2.24, 2.45) is 0 Å². The van der Waals surface area contributed by atoms with Crippen molar-refractivity contribution in [3.8, 4) is 5.75 Å². The largest absolute Gasteiger partial charge is 0.494 e. The van der Waals surface area contributed by atoms with Crippen LogP contribution in [0.3, 0.4) is 0 Å². The first kappa shape index (κ1) is 14.6. The quantitative estimate of drug-likeness (QED) is 0.852. The molecule has 2 aromatic carbocycles. The molecule has 0 aliphatic carbocycles. The van der Waals surface area contributed by atoms with Crippen LogP contribution in [0.2, 0.25) is 0 Å². The lowest BCUT2D eigenvalue weighted by Gasteiger charge is -2.20. The van der Waals surface area contributed by atoms with E-state index in [1.807, 2.05) is 13.0 Å². The van der Waals surface area contributed by atoms with Gasteiger partial charge in [-0.3, -0.25) is 0 Å². The molecule has 20 heavy (non-hydrogen) atoms. The highest BCUT2D eigenvalue weighted by atomic mass is 16.5. The Hall–Kier alpha value is -1.80. The molecule has 2 aromatic rings. The molecule has 0 fully saturated rings. The van der Waals surface area contributed by atoms with Crippen LogP contribution in [0.1, 0.15) is 36.6 Å². The highest BCUT2D eigenvalue weighted by Gasteiger charge is 2.13. The standard InChI is InChI=1S/C18H23NO/c1-4-19-18(15-9-6-8-14(3)12-15)16-10-7-11-17(13-16)20-5-2/h6-13,18-19H,4-5H2,1-3H3. The molecule has 2 nitrogen and oxygen atoms in total. The molecule has 1 atom stereocenters. The molecule has 0 aliphatic heterocycles. The summed E-state index contributed by atoms with van der Waals surface area (Å²) in [5, 5.41) is 3.56. The summed E-state index contributed by atoms with van der Waals surface area (Å²) in [5.41, 5.74) is 3.82. The minimum absolute atomic E-state index is 0.209. The summed E-state index contributed by atoms with van der Waals surface area (Å²) in [5.74, 6) is 0.931. The van der Waals surface area contributed by atoms with Crippen LogP contribution < -0.4 is 10.1 Å². The van der Waals surface area contributed by atoms with Crippen LogP contribution in [0.25, 0.3) is 0 Å². The fourth-order valence-corrected chi connectivity index (χ4v) is 2.43. The second-order valence-electron chi connectivity index (χ2n) is 4.91. The molecule has 0 amide bonds. The van der Waals surface area contributed by atoms with Gasteiger partial charge in [-0.05, 0) is 43.7 Å². The van der Waals surface area contributed by atoms with Gasteiger partial charge in [-0.15, -0.1) is 0 Å². The minimum Gasteiger partial charge on any atom is -0.494 e. The van der Waals surface area contributed by atoms with Crippen molar-refractivity contribution < 1.29 is 4.74 Å². The highest BCUT2D eigenvalue weighted by Crippen LogP contribution is 2.25. The lowest BCUT2D eigenvalue weighted by Crippen LogP contribution is -2.22. The van der Waals surface area contributed by atoms with E-state index >= 15 is 0 Å². The Morgan fingerprint density at radius 1 is 1.00 bits per heavy atom. The van der Waals surface area contributed by atoms with Gasteiger partial charge in [-0.2, -0.15) is 0 Å². The van der Waals surface area contributed by atoms with Gasteiger partial charge in [0, 0.05) is 0 Å². The van der Waals surface area contributed by atoms with Gasteiger partial charge in [-0.25, -0.2) is 0 Å². The first-order valence-electron chi connectivity index (χ1n) is 7.27. The third-order valence-corrected chi connectivity index (χ3v) is 3.29. The maximum atomic E-state index is 5.61. The van der Waals surface area contributed by atoms with E-state index in [4.69, 9.17) is 4.74 Å². The van der Waals surface area contributed by atoms with Crippen molar-refractivity contribution in [1.29, 1.82) is 0 Å². The zero-order valence-electron chi connectivity index (χ0n) is 12.5. The Morgan fingerprint density at radius 2 is 1.70 bits per heavy atom. The molecule has 2 rings (SSSR count). The number of benzene rings is 2. The molecule has 0 bridgehead atoms. The van der Waals surface area contributed by atoms with Gasteiger partial charge in [0.15, 0.2) is 0 Å². The third kappa shape index (κ3) is 3.61. The zero-order chi connectivity index (χ0) is 14.4. The molecule has 0 aliphatic rings. The van der Waals surface area contributed by atoms with E-state index in [1.165, 1.54) is 16.7 Å². The van der Waals surface area contributed by atoms with Crippen LogP contribution in [-0.4, -0.2) is 13.2 Å². The van der Waals surface area contributed by atoms with Crippen molar-refractivity contribution in [1.82, 2.24) is 5.32 Å². The van der Waals surface area contributed by atoms with Gasteiger partial charge in [0.05, 0.1) is 12.6 Å². The Morgan fingerprint density at radius 3 is 2.35 bits per heavy atom. The van der Waals surface area contributed by atoms with Crippen LogP contribution in [-0.2, 0) is 0 Å². The SMILES string of the molecule is CCNC(c1cccc(C)c1)c1cccc(OCC)c1. The van der Waals surface area contributed by atoms with Crippen LogP contribution in [0.5, 0.6) is 5.75 Å². The lowest BCUT2D eigenvalue weighted by molar-refractivity contribution is 0.339. The van der Waals surface area contributed by atoms with Crippen LogP contribution in [0, 0.1) is 6.92 Å². The van der Waals surface area contributed by atoms with Crippen molar-refractivity contribution >= 4 is 0 Å². The van der Waals surface area contributed by atoms with Crippen LogP contribution in [0.4, 0.5) is 0 Å². The summed E-state index contributed by atoms with van der Waals surface area (Å²) in [4.78, 5) is 0. The third-order valence-electron chi connectivity index (χ3n) is 3.29. The smallest absolute Gasteiger partial charge is 0.119 e. The molecule has 0 spiro atoms. The number of rotatable bonds is 6. The van der Waals surface area contributed by atoms with E-state index in [1.54, 1.807) is 0 Å². The fourth-order valence-electron chi connectivity index (χ4n) is 2.43. The van der Waals surface area contributed by atoms with E-state index < -0.39 is 0 Å². The molecule has 0 radical (unpaired) electrons. The second-order valence-corrected chi connectivity index (χ2v) is 4.91. The van der Waals surface area contributed by atoms with Gasteiger partial charge in [0.2, 0.25) is 0 Å². The fraction of sp³-hybridized carbons (Fsp3) is 0.333. The molecule has 0 saturated carbocycles. The number of ether oxygens (including phenoxy) is 1. The predicted molar refractivity (Wildman–Crippen MR) is 84.3 cm³/mol. The highest BCUT2D eigenvalue weighted by molar-refractivity contribution is 5.37. The molecule has 106 valence electrons. The average molecular weight is 269 g/mol. The first-order chi connectivity index (χ1) is 9.74. The molecular formula is C18H23NO. The van der Waals surface area contributed by atoms with Gasteiger partial charge in [0.25, 0.3) is 0 Å². The van der Waals surface area contributed by atoms with Gasteiger partial charge < -0.3 is 10.1 Å². The molecular weight excluding hydrogens is 246 g/mol. The van der Waals surface area contributed by atoms with Crippen molar-refractivity contribution in [3.63, 3.8) is 0 Å². The number of aryl methyl sites for hydroxylation is 1. The lowest BCUT2D eigenvalue weighted by atomic mass is 9.97. The Balaban J connectivity index is 2.35. The molecule has 0 heterocycles. The van der Waals surface area contributed by atoms with Gasteiger partial charge in [-0.1, -0.05) is 48.9 Å².